The number of non-ortho nitro benzene ring substituents is 1. The highest BCUT2D eigenvalue weighted by molar-refractivity contribution is 5.62. The third kappa shape index (κ3) is 3.23. The molecule has 0 aliphatic heterocycles. The first-order valence-corrected chi connectivity index (χ1v) is 6.14. The highest BCUT2D eigenvalue weighted by atomic mass is 16.6. The monoisotopic (exact) mass is 272 g/mol. The molecule has 104 valence electrons. The van der Waals surface area contributed by atoms with E-state index < -0.39 is 4.92 Å². The molecule has 2 rings (SSSR count). The van der Waals surface area contributed by atoms with Crippen molar-refractivity contribution in [3.8, 4) is 0 Å². The molecule has 2 N–H and O–H groups in total. The van der Waals surface area contributed by atoms with Crippen molar-refractivity contribution in [2.24, 2.45) is 0 Å². The minimum Gasteiger partial charge on any atom is -0.398 e. The van der Waals surface area contributed by atoms with Crippen molar-refractivity contribution in [3.05, 3.63) is 57.9 Å². The molecule has 0 aliphatic rings. The summed E-state index contributed by atoms with van der Waals surface area (Å²) in [4.78, 5) is 16.7. The fourth-order valence-electron chi connectivity index (χ4n) is 1.97. The van der Waals surface area contributed by atoms with Gasteiger partial charge in [-0.1, -0.05) is 6.07 Å². The minimum absolute atomic E-state index is 0.0101. The molecule has 1 heterocycles. The molecule has 0 unspecified atom stereocenters. The number of rotatable bonds is 4. The van der Waals surface area contributed by atoms with E-state index in [4.69, 9.17) is 5.73 Å². The molecule has 6 nitrogen and oxygen atoms in total. The molecule has 0 amide bonds. The molecule has 2 aromatic rings. The molecular formula is C14H16N4O2. The van der Waals surface area contributed by atoms with Crippen LogP contribution in [0.1, 0.15) is 11.4 Å². The number of nitro benzene ring substituents is 1. The first-order chi connectivity index (χ1) is 9.45. The largest absolute Gasteiger partial charge is 0.398 e. The van der Waals surface area contributed by atoms with Gasteiger partial charge in [0.25, 0.3) is 5.69 Å². The summed E-state index contributed by atoms with van der Waals surface area (Å²) in [6, 6.07) is 10.4. The maximum atomic E-state index is 10.9. The van der Waals surface area contributed by atoms with Gasteiger partial charge >= 0.3 is 0 Å². The summed E-state index contributed by atoms with van der Waals surface area (Å²) in [6.07, 6.45) is 0. The second kappa shape index (κ2) is 5.56. The van der Waals surface area contributed by atoms with Crippen LogP contribution in [0.15, 0.2) is 36.4 Å². The Morgan fingerprint density at radius 1 is 1.35 bits per heavy atom. The molecule has 1 aromatic heterocycles. The first kappa shape index (κ1) is 13.8. The summed E-state index contributed by atoms with van der Waals surface area (Å²) in [5.74, 6) is 0. The minimum atomic E-state index is -0.446. The van der Waals surface area contributed by atoms with Gasteiger partial charge in [0, 0.05) is 36.2 Å². The lowest BCUT2D eigenvalue weighted by Crippen LogP contribution is -2.17. The molecule has 20 heavy (non-hydrogen) atoms. The molecule has 6 heteroatoms. The number of hydrogen-bond acceptors (Lipinski definition) is 5. The van der Waals surface area contributed by atoms with Crippen LogP contribution in [0.5, 0.6) is 0 Å². The van der Waals surface area contributed by atoms with Crippen LogP contribution in [0.4, 0.5) is 17.1 Å². The fraction of sp³-hybridized carbons (Fsp3) is 0.214. The third-order valence-corrected chi connectivity index (χ3v) is 2.92. The number of hydrogen-bond donors (Lipinski definition) is 1. The lowest BCUT2D eigenvalue weighted by atomic mass is 10.2. The summed E-state index contributed by atoms with van der Waals surface area (Å²) in [6.45, 7) is 2.48. The van der Waals surface area contributed by atoms with Crippen molar-refractivity contribution in [2.45, 2.75) is 13.5 Å². The van der Waals surface area contributed by atoms with Crippen LogP contribution >= 0.6 is 0 Å². The number of aromatic nitrogens is 1. The van der Waals surface area contributed by atoms with Gasteiger partial charge in [-0.2, -0.15) is 0 Å². The second-order valence-corrected chi connectivity index (χ2v) is 4.67. The molecule has 1 aromatic carbocycles. The molecular weight excluding hydrogens is 256 g/mol. The van der Waals surface area contributed by atoms with Gasteiger partial charge < -0.3 is 10.6 Å². The Kier molecular flexibility index (Phi) is 3.84. The summed E-state index contributed by atoms with van der Waals surface area (Å²) in [5.41, 5.74) is 8.60. The number of nitrogens with zero attached hydrogens (tertiary/aromatic N) is 3. The van der Waals surface area contributed by atoms with Crippen molar-refractivity contribution < 1.29 is 4.92 Å². The third-order valence-electron chi connectivity index (χ3n) is 2.92. The number of aryl methyl sites for hydroxylation is 1. The van der Waals surface area contributed by atoms with Gasteiger partial charge in [-0.05, 0) is 25.1 Å². The van der Waals surface area contributed by atoms with Gasteiger partial charge in [0.05, 0.1) is 17.2 Å². The Balaban J connectivity index is 2.25. The number of benzene rings is 1. The Bertz CT molecular complexity index is 643. The van der Waals surface area contributed by atoms with Crippen LogP contribution in [-0.2, 0) is 6.54 Å². The number of nitrogen functional groups attached to an aromatic ring is 1. The Morgan fingerprint density at radius 3 is 2.75 bits per heavy atom. The predicted molar refractivity (Wildman–Crippen MR) is 78.6 cm³/mol. The van der Waals surface area contributed by atoms with Crippen molar-refractivity contribution in [1.82, 2.24) is 4.98 Å². The summed E-state index contributed by atoms with van der Waals surface area (Å²) in [5, 5.41) is 10.9. The van der Waals surface area contributed by atoms with Crippen molar-refractivity contribution in [3.63, 3.8) is 0 Å². The van der Waals surface area contributed by atoms with Gasteiger partial charge in [-0.3, -0.25) is 15.1 Å². The maximum absolute atomic E-state index is 10.9. The van der Waals surface area contributed by atoms with Crippen molar-refractivity contribution in [2.75, 3.05) is 17.7 Å². The lowest BCUT2D eigenvalue weighted by molar-refractivity contribution is -0.384. The summed E-state index contributed by atoms with van der Waals surface area (Å²) in [7, 11) is 1.85. The smallest absolute Gasteiger partial charge is 0.273 e. The van der Waals surface area contributed by atoms with Crippen LogP contribution in [0.2, 0.25) is 0 Å². The van der Waals surface area contributed by atoms with E-state index in [-0.39, 0.29) is 5.69 Å². The van der Waals surface area contributed by atoms with Crippen LogP contribution in [0.3, 0.4) is 0 Å². The molecule has 0 saturated heterocycles. The zero-order chi connectivity index (χ0) is 14.7. The highest BCUT2D eigenvalue weighted by Crippen LogP contribution is 2.25. The number of pyridine rings is 1. The number of nitrogens with two attached hydrogens (primary N) is 1. The van der Waals surface area contributed by atoms with Gasteiger partial charge in [0.15, 0.2) is 0 Å². The normalized spacial score (nSPS) is 10.3. The fourth-order valence-corrected chi connectivity index (χ4v) is 1.97. The van der Waals surface area contributed by atoms with Gasteiger partial charge in [0.1, 0.15) is 0 Å². The van der Waals surface area contributed by atoms with E-state index in [0.29, 0.717) is 17.9 Å². The van der Waals surface area contributed by atoms with Gasteiger partial charge in [-0.25, -0.2) is 0 Å². The highest BCUT2D eigenvalue weighted by Gasteiger charge is 2.11. The molecule has 0 saturated carbocycles. The Morgan fingerprint density at radius 2 is 2.10 bits per heavy atom. The summed E-state index contributed by atoms with van der Waals surface area (Å²) >= 11 is 0. The molecule has 0 bridgehead atoms. The molecule has 0 fully saturated rings. The molecule has 0 aliphatic carbocycles. The molecule has 0 atom stereocenters. The zero-order valence-electron chi connectivity index (χ0n) is 11.4. The van der Waals surface area contributed by atoms with E-state index in [0.717, 1.165) is 11.4 Å². The van der Waals surface area contributed by atoms with E-state index in [9.17, 15) is 10.1 Å². The average molecular weight is 272 g/mol. The van der Waals surface area contributed by atoms with Crippen LogP contribution in [0, 0.1) is 17.0 Å². The van der Waals surface area contributed by atoms with E-state index >= 15 is 0 Å². The van der Waals surface area contributed by atoms with Crippen LogP contribution in [-0.4, -0.2) is 17.0 Å². The van der Waals surface area contributed by atoms with Crippen molar-refractivity contribution in [1.29, 1.82) is 0 Å². The number of anilines is 2. The molecule has 0 radical (unpaired) electrons. The van der Waals surface area contributed by atoms with Gasteiger partial charge in [-0.15, -0.1) is 0 Å². The average Bonchev–Trinajstić information content (AvgIpc) is 2.37. The second-order valence-electron chi connectivity index (χ2n) is 4.67. The van der Waals surface area contributed by atoms with Crippen molar-refractivity contribution >= 4 is 17.1 Å². The zero-order valence-corrected chi connectivity index (χ0v) is 11.4. The van der Waals surface area contributed by atoms with E-state index in [1.54, 1.807) is 6.07 Å². The van der Waals surface area contributed by atoms with Gasteiger partial charge in [0.2, 0.25) is 0 Å². The van der Waals surface area contributed by atoms with Crippen LogP contribution < -0.4 is 10.6 Å². The predicted octanol–water partition coefficient (Wildman–Crippen LogP) is 2.52. The number of nitro groups is 1. The SMILES string of the molecule is Cc1cccc(CN(C)c2cc(N)cc([N+](=O)[O-])c2)n1. The lowest BCUT2D eigenvalue weighted by Gasteiger charge is -2.19. The van der Waals surface area contributed by atoms with E-state index in [1.165, 1.54) is 12.1 Å². The van der Waals surface area contributed by atoms with Crippen LogP contribution in [0.25, 0.3) is 0 Å². The first-order valence-electron chi connectivity index (χ1n) is 6.14. The maximum Gasteiger partial charge on any atom is 0.273 e. The quantitative estimate of drug-likeness (QED) is 0.525. The standard InChI is InChI=1S/C14H16N4O2/c1-10-4-3-5-12(16-10)9-17(2)13-6-11(15)7-14(8-13)18(19)20/h3-8H,9,15H2,1-2H3. The van der Waals surface area contributed by atoms with E-state index in [2.05, 4.69) is 4.98 Å². The molecule has 0 spiro atoms. The summed E-state index contributed by atoms with van der Waals surface area (Å²) < 4.78 is 0. The van der Waals surface area contributed by atoms with E-state index in [1.807, 2.05) is 37.1 Å². The topological polar surface area (TPSA) is 85.3 Å². The Labute approximate surface area is 117 Å². The Hall–Kier alpha value is -2.63.